The Morgan fingerprint density at radius 2 is 1.93 bits per heavy atom. The number of benzene rings is 2. The number of hydrogen-bond donors (Lipinski definition) is 0. The second kappa shape index (κ2) is 8.66. The maximum atomic E-state index is 14.2. The summed E-state index contributed by atoms with van der Waals surface area (Å²) in [6, 6.07) is 12.9. The largest absolute Gasteiger partial charge is 0.497 e. The summed E-state index contributed by atoms with van der Waals surface area (Å²) in [5, 5.41) is 0. The van der Waals surface area contributed by atoms with Crippen molar-refractivity contribution in [2.45, 2.75) is 38.0 Å². The first kappa shape index (κ1) is 20.7. The van der Waals surface area contributed by atoms with Gasteiger partial charge in [0.05, 0.1) is 26.7 Å². The molecule has 2 aromatic carbocycles. The second-order valence-corrected chi connectivity index (χ2v) is 8.55. The van der Waals surface area contributed by atoms with Crippen LogP contribution in [0.2, 0.25) is 0 Å². The van der Waals surface area contributed by atoms with Gasteiger partial charge in [0, 0.05) is 5.92 Å². The highest BCUT2D eigenvalue weighted by molar-refractivity contribution is 5.73. The summed E-state index contributed by atoms with van der Waals surface area (Å²) < 4.78 is 30.5. The molecule has 2 aliphatic carbocycles. The van der Waals surface area contributed by atoms with Crippen LogP contribution in [0, 0.1) is 23.6 Å². The molecule has 4 nitrogen and oxygen atoms in total. The Morgan fingerprint density at radius 1 is 1.13 bits per heavy atom. The minimum atomic E-state index is -0.186. The van der Waals surface area contributed by atoms with Crippen LogP contribution in [-0.4, -0.2) is 26.8 Å². The van der Waals surface area contributed by atoms with Gasteiger partial charge in [0.1, 0.15) is 17.3 Å². The molecule has 4 atom stereocenters. The molecular formula is C25H29FO4. The summed E-state index contributed by atoms with van der Waals surface area (Å²) in [6.07, 6.45) is 3.20. The van der Waals surface area contributed by atoms with Crippen molar-refractivity contribution >= 4 is 5.97 Å². The Labute approximate surface area is 177 Å². The van der Waals surface area contributed by atoms with E-state index in [0.29, 0.717) is 29.8 Å². The lowest BCUT2D eigenvalue weighted by Crippen LogP contribution is -2.22. The Morgan fingerprint density at radius 3 is 2.63 bits per heavy atom. The summed E-state index contributed by atoms with van der Waals surface area (Å²) in [5.74, 6) is 2.09. The van der Waals surface area contributed by atoms with Gasteiger partial charge in [-0.1, -0.05) is 19.1 Å². The molecule has 160 valence electrons. The summed E-state index contributed by atoms with van der Waals surface area (Å²) in [6.45, 7) is 2.49. The van der Waals surface area contributed by atoms with Crippen molar-refractivity contribution < 1.29 is 23.4 Å². The smallest absolute Gasteiger partial charge is 0.309 e. The normalized spacial score (nSPS) is 22.1. The lowest BCUT2D eigenvalue weighted by Gasteiger charge is -2.23. The van der Waals surface area contributed by atoms with Crippen molar-refractivity contribution in [1.82, 2.24) is 0 Å². The summed E-state index contributed by atoms with van der Waals surface area (Å²) in [5.41, 5.74) is 1.83. The predicted octanol–water partition coefficient (Wildman–Crippen LogP) is 5.32. The SMILES string of the molecule is COC(=O)[C@@H](C)[C@H](c1cccc(OCC2C[C@@H]2c2cc(OC)ccc2F)c1)C1CC1. The van der Waals surface area contributed by atoms with E-state index in [2.05, 4.69) is 6.07 Å². The highest BCUT2D eigenvalue weighted by Crippen LogP contribution is 2.50. The molecule has 30 heavy (non-hydrogen) atoms. The van der Waals surface area contributed by atoms with Crippen molar-refractivity contribution in [3.05, 3.63) is 59.4 Å². The van der Waals surface area contributed by atoms with Crippen LogP contribution in [0.3, 0.4) is 0 Å². The van der Waals surface area contributed by atoms with Crippen LogP contribution in [0.1, 0.15) is 49.1 Å². The topological polar surface area (TPSA) is 44.8 Å². The molecule has 2 saturated carbocycles. The highest BCUT2D eigenvalue weighted by atomic mass is 19.1. The van der Waals surface area contributed by atoms with Crippen molar-refractivity contribution in [3.63, 3.8) is 0 Å². The van der Waals surface area contributed by atoms with E-state index >= 15 is 0 Å². The predicted molar refractivity (Wildman–Crippen MR) is 112 cm³/mol. The molecule has 5 heteroatoms. The maximum absolute atomic E-state index is 14.2. The fourth-order valence-electron chi connectivity index (χ4n) is 4.52. The number of halogens is 1. The Kier molecular flexibility index (Phi) is 5.98. The number of rotatable bonds is 9. The van der Waals surface area contributed by atoms with Gasteiger partial charge in [-0.25, -0.2) is 4.39 Å². The van der Waals surface area contributed by atoms with Gasteiger partial charge in [0.25, 0.3) is 0 Å². The lowest BCUT2D eigenvalue weighted by molar-refractivity contribution is -0.145. The van der Waals surface area contributed by atoms with Crippen molar-refractivity contribution in [2.24, 2.45) is 17.8 Å². The fourth-order valence-corrected chi connectivity index (χ4v) is 4.52. The van der Waals surface area contributed by atoms with Crippen LogP contribution in [-0.2, 0) is 9.53 Å². The number of hydrogen-bond acceptors (Lipinski definition) is 4. The van der Waals surface area contributed by atoms with Crippen LogP contribution in [0.5, 0.6) is 11.5 Å². The minimum Gasteiger partial charge on any atom is -0.497 e. The first-order valence-corrected chi connectivity index (χ1v) is 10.7. The van der Waals surface area contributed by atoms with E-state index in [1.807, 2.05) is 25.1 Å². The van der Waals surface area contributed by atoms with Crippen LogP contribution < -0.4 is 9.47 Å². The molecular weight excluding hydrogens is 383 g/mol. The van der Waals surface area contributed by atoms with Crippen molar-refractivity contribution in [2.75, 3.05) is 20.8 Å². The van der Waals surface area contributed by atoms with E-state index in [1.54, 1.807) is 19.2 Å². The van der Waals surface area contributed by atoms with E-state index in [-0.39, 0.29) is 29.5 Å². The van der Waals surface area contributed by atoms with Gasteiger partial charge in [-0.3, -0.25) is 4.79 Å². The summed E-state index contributed by atoms with van der Waals surface area (Å²) in [7, 11) is 3.03. The Bertz CT molecular complexity index is 908. The van der Waals surface area contributed by atoms with E-state index in [9.17, 15) is 9.18 Å². The molecule has 4 rings (SSSR count). The first-order valence-electron chi connectivity index (χ1n) is 10.7. The molecule has 0 radical (unpaired) electrons. The third kappa shape index (κ3) is 4.45. The molecule has 2 aliphatic rings. The van der Waals surface area contributed by atoms with Gasteiger partial charge in [0.15, 0.2) is 0 Å². The molecule has 0 amide bonds. The van der Waals surface area contributed by atoms with Gasteiger partial charge >= 0.3 is 5.97 Å². The van der Waals surface area contributed by atoms with Crippen molar-refractivity contribution in [3.8, 4) is 11.5 Å². The molecule has 0 aliphatic heterocycles. The highest BCUT2D eigenvalue weighted by Gasteiger charge is 2.41. The number of carbonyl (C=O) groups is 1. The first-order chi connectivity index (χ1) is 14.5. The number of methoxy groups -OCH3 is 2. The molecule has 0 aromatic heterocycles. The van der Waals surface area contributed by atoms with E-state index in [4.69, 9.17) is 14.2 Å². The zero-order valence-corrected chi connectivity index (χ0v) is 17.8. The summed E-state index contributed by atoms with van der Waals surface area (Å²) in [4.78, 5) is 12.1. The molecule has 0 spiro atoms. The minimum absolute atomic E-state index is 0.153. The molecule has 2 fully saturated rings. The van der Waals surface area contributed by atoms with Gasteiger partial charge in [-0.2, -0.15) is 0 Å². The lowest BCUT2D eigenvalue weighted by atomic mass is 9.83. The fraction of sp³-hybridized carbons (Fsp3) is 0.480. The van der Waals surface area contributed by atoms with Crippen LogP contribution in [0.4, 0.5) is 4.39 Å². The number of carbonyl (C=O) groups excluding carboxylic acids is 1. The second-order valence-electron chi connectivity index (χ2n) is 8.55. The number of esters is 1. The zero-order chi connectivity index (χ0) is 21.3. The average molecular weight is 413 g/mol. The third-order valence-electron chi connectivity index (χ3n) is 6.47. The third-order valence-corrected chi connectivity index (χ3v) is 6.47. The van der Waals surface area contributed by atoms with Gasteiger partial charge in [-0.05, 0) is 78.5 Å². The monoisotopic (exact) mass is 412 g/mol. The van der Waals surface area contributed by atoms with Crippen LogP contribution >= 0.6 is 0 Å². The van der Waals surface area contributed by atoms with Gasteiger partial charge in [0.2, 0.25) is 0 Å². The van der Waals surface area contributed by atoms with Crippen LogP contribution in [0.25, 0.3) is 0 Å². The van der Waals surface area contributed by atoms with E-state index in [0.717, 1.165) is 30.6 Å². The quantitative estimate of drug-likeness (QED) is 0.523. The van der Waals surface area contributed by atoms with E-state index in [1.165, 1.54) is 13.2 Å². The number of ether oxygens (including phenoxy) is 3. The zero-order valence-electron chi connectivity index (χ0n) is 17.8. The Hall–Kier alpha value is -2.56. The molecule has 1 unspecified atom stereocenters. The maximum Gasteiger partial charge on any atom is 0.309 e. The Balaban J connectivity index is 1.40. The van der Waals surface area contributed by atoms with Gasteiger partial charge < -0.3 is 14.2 Å². The summed E-state index contributed by atoms with van der Waals surface area (Å²) >= 11 is 0. The van der Waals surface area contributed by atoms with Crippen molar-refractivity contribution in [1.29, 1.82) is 0 Å². The molecule has 2 aromatic rings. The van der Waals surface area contributed by atoms with Crippen LogP contribution in [0.15, 0.2) is 42.5 Å². The van der Waals surface area contributed by atoms with E-state index < -0.39 is 0 Å². The molecule has 0 heterocycles. The standard InChI is InChI=1S/C25H29FO4/c1-15(25(27)29-3)24(16-7-8-16)17-5-4-6-20(11-17)30-14-18-12-21(18)22-13-19(28-2)9-10-23(22)26/h4-6,9-11,13,15-16,18,21,24H,7-8,12,14H2,1-3H3/t15-,18?,21-,24-/m0/s1. The molecule has 0 bridgehead atoms. The van der Waals surface area contributed by atoms with Gasteiger partial charge in [-0.15, -0.1) is 0 Å². The molecule has 0 saturated heterocycles. The average Bonchev–Trinajstić information content (AvgIpc) is 3.68. The molecule has 0 N–H and O–H groups in total.